The van der Waals surface area contributed by atoms with E-state index in [1.165, 1.54) is 6.07 Å². The highest BCUT2D eigenvalue weighted by atomic mass is 79.9. The molecule has 15 heavy (non-hydrogen) atoms. The third kappa shape index (κ3) is 2.91. The van der Waals surface area contributed by atoms with E-state index in [4.69, 9.17) is 22.6 Å². The number of aliphatic imine (C=N–C) groups is 1. The molecule has 0 atom stereocenters. The minimum Gasteiger partial charge on any atom is -0.386 e. The molecule has 1 aromatic rings. The van der Waals surface area contributed by atoms with Gasteiger partial charge in [0, 0.05) is 0 Å². The summed E-state index contributed by atoms with van der Waals surface area (Å²) in [5.41, 5.74) is 5.83. The Bertz CT molecular complexity index is 453. The van der Waals surface area contributed by atoms with Crippen LogP contribution in [0.3, 0.4) is 0 Å². The van der Waals surface area contributed by atoms with Crippen molar-refractivity contribution in [2.75, 3.05) is 5.88 Å². The van der Waals surface area contributed by atoms with E-state index in [-0.39, 0.29) is 21.8 Å². The van der Waals surface area contributed by atoms with Crippen molar-refractivity contribution >= 4 is 39.1 Å². The lowest BCUT2D eigenvalue weighted by Gasteiger charge is -2.01. The first-order valence-electron chi connectivity index (χ1n) is 3.86. The number of nitrogens with zero attached hydrogens (tertiary/aromatic N) is 2. The highest BCUT2D eigenvalue weighted by molar-refractivity contribution is 9.10. The van der Waals surface area contributed by atoms with Crippen molar-refractivity contribution in [2.45, 2.75) is 0 Å². The van der Waals surface area contributed by atoms with E-state index in [1.54, 1.807) is 0 Å². The molecule has 0 unspecified atom stereocenters. The number of nitriles is 1. The van der Waals surface area contributed by atoms with Gasteiger partial charge < -0.3 is 5.73 Å². The van der Waals surface area contributed by atoms with E-state index in [0.717, 1.165) is 6.07 Å². The normalized spacial score (nSPS) is 11.2. The number of halogens is 3. The Morgan fingerprint density at radius 2 is 2.33 bits per heavy atom. The van der Waals surface area contributed by atoms with Crippen LogP contribution in [0.2, 0.25) is 0 Å². The van der Waals surface area contributed by atoms with Crippen molar-refractivity contribution in [3.63, 3.8) is 0 Å². The van der Waals surface area contributed by atoms with Crippen molar-refractivity contribution in [3.05, 3.63) is 28.0 Å². The third-order valence-electron chi connectivity index (χ3n) is 1.56. The molecule has 0 heterocycles. The molecule has 1 rings (SSSR count). The molecule has 0 bridgehead atoms. The maximum atomic E-state index is 13.1. The highest BCUT2D eigenvalue weighted by Crippen LogP contribution is 2.26. The summed E-state index contributed by atoms with van der Waals surface area (Å²) in [4.78, 5) is 3.89. The van der Waals surface area contributed by atoms with Gasteiger partial charge in [0.25, 0.3) is 0 Å². The Hall–Kier alpha value is -1.12. The van der Waals surface area contributed by atoms with E-state index in [2.05, 4.69) is 20.9 Å². The van der Waals surface area contributed by atoms with Crippen LogP contribution in [-0.2, 0) is 0 Å². The number of hydrogen-bond donors (Lipinski definition) is 1. The Labute approximate surface area is 99.5 Å². The number of amidine groups is 1. The first-order chi connectivity index (χ1) is 7.08. The van der Waals surface area contributed by atoms with Crippen molar-refractivity contribution in [1.29, 1.82) is 5.26 Å². The monoisotopic (exact) mass is 289 g/mol. The quantitative estimate of drug-likeness (QED) is 0.517. The van der Waals surface area contributed by atoms with Crippen LogP contribution in [0.1, 0.15) is 5.56 Å². The Balaban J connectivity index is 3.30. The van der Waals surface area contributed by atoms with Gasteiger partial charge in [-0.05, 0) is 28.1 Å². The Morgan fingerprint density at radius 1 is 1.67 bits per heavy atom. The van der Waals surface area contributed by atoms with Gasteiger partial charge in [-0.15, -0.1) is 11.6 Å². The average Bonchev–Trinajstić information content (AvgIpc) is 2.22. The second-order valence-electron chi connectivity index (χ2n) is 2.63. The number of benzene rings is 1. The summed E-state index contributed by atoms with van der Waals surface area (Å²) in [6.45, 7) is 0. The first kappa shape index (κ1) is 12.0. The molecule has 3 nitrogen and oxygen atoms in total. The fourth-order valence-electron chi connectivity index (χ4n) is 0.903. The minimum atomic E-state index is -0.519. The van der Waals surface area contributed by atoms with Crippen molar-refractivity contribution in [1.82, 2.24) is 0 Å². The molecule has 0 saturated heterocycles. The Kier molecular flexibility index (Phi) is 4.06. The van der Waals surface area contributed by atoms with Gasteiger partial charge in [-0.1, -0.05) is 0 Å². The molecule has 6 heteroatoms. The minimum absolute atomic E-state index is 0.0554. The molecule has 0 aliphatic heterocycles. The fourth-order valence-corrected chi connectivity index (χ4v) is 1.29. The van der Waals surface area contributed by atoms with Crippen LogP contribution in [0.4, 0.5) is 10.1 Å². The molecule has 0 amide bonds. The summed E-state index contributed by atoms with van der Waals surface area (Å²) >= 11 is 8.44. The first-order valence-corrected chi connectivity index (χ1v) is 5.19. The van der Waals surface area contributed by atoms with Crippen LogP contribution in [0, 0.1) is 17.1 Å². The molecule has 0 aliphatic carbocycles. The lowest BCUT2D eigenvalue weighted by Crippen LogP contribution is -2.12. The van der Waals surface area contributed by atoms with Crippen LogP contribution in [0.25, 0.3) is 0 Å². The predicted octanol–water partition coefficient (Wildman–Crippen LogP) is 2.69. The van der Waals surface area contributed by atoms with Crippen LogP contribution in [-0.4, -0.2) is 11.7 Å². The van der Waals surface area contributed by atoms with Gasteiger partial charge in [-0.2, -0.15) is 5.26 Å². The highest BCUT2D eigenvalue weighted by Gasteiger charge is 2.07. The molecule has 2 N–H and O–H groups in total. The zero-order valence-corrected chi connectivity index (χ0v) is 9.81. The van der Waals surface area contributed by atoms with Gasteiger partial charge in [0.2, 0.25) is 0 Å². The van der Waals surface area contributed by atoms with E-state index in [1.807, 2.05) is 6.07 Å². The van der Waals surface area contributed by atoms with E-state index in [9.17, 15) is 4.39 Å². The van der Waals surface area contributed by atoms with Gasteiger partial charge in [0.05, 0.1) is 21.6 Å². The molecule has 0 aromatic heterocycles. The van der Waals surface area contributed by atoms with Crippen LogP contribution >= 0.6 is 27.5 Å². The smallest absolute Gasteiger partial charge is 0.138 e. The molecule has 0 spiro atoms. The molecule has 1 aromatic carbocycles. The summed E-state index contributed by atoms with van der Waals surface area (Å²) in [5, 5.41) is 8.74. The number of alkyl halides is 1. The van der Waals surface area contributed by atoms with Gasteiger partial charge in [0.1, 0.15) is 17.7 Å². The molecule has 0 radical (unpaired) electrons. The standard InChI is InChI=1S/C9H6BrClFN3/c10-6-2-8(15-9(14)3-11)5(4-13)1-7(6)12/h1-2H,3H2,(H2,14,15). The molecular formula is C9H6BrClFN3. The fraction of sp³-hybridized carbons (Fsp3) is 0.111. The average molecular weight is 291 g/mol. The summed E-state index contributed by atoms with van der Waals surface area (Å²) in [6, 6.07) is 4.30. The molecule has 78 valence electrons. The SMILES string of the molecule is N#Cc1cc(F)c(Br)cc1N=C(N)CCl. The summed E-state index contributed by atoms with van der Waals surface area (Å²) in [5.74, 6) is -0.290. The lowest BCUT2D eigenvalue weighted by atomic mass is 10.2. The second kappa shape index (κ2) is 5.10. The van der Waals surface area contributed by atoms with E-state index in [0.29, 0.717) is 5.69 Å². The number of rotatable bonds is 2. The second-order valence-corrected chi connectivity index (χ2v) is 3.75. The maximum absolute atomic E-state index is 13.1. The zero-order valence-electron chi connectivity index (χ0n) is 7.47. The molecular weight excluding hydrogens is 284 g/mol. The summed E-state index contributed by atoms with van der Waals surface area (Å²) in [6.07, 6.45) is 0. The zero-order chi connectivity index (χ0) is 11.4. The van der Waals surface area contributed by atoms with Crippen LogP contribution in [0.5, 0.6) is 0 Å². The Morgan fingerprint density at radius 3 is 2.87 bits per heavy atom. The number of hydrogen-bond acceptors (Lipinski definition) is 2. The van der Waals surface area contributed by atoms with Gasteiger partial charge in [-0.25, -0.2) is 9.38 Å². The van der Waals surface area contributed by atoms with Crippen LogP contribution < -0.4 is 5.73 Å². The molecule has 0 saturated carbocycles. The summed E-state index contributed by atoms with van der Waals surface area (Å²) in [7, 11) is 0. The predicted molar refractivity (Wildman–Crippen MR) is 60.8 cm³/mol. The van der Waals surface area contributed by atoms with Gasteiger partial charge in [0.15, 0.2) is 0 Å². The van der Waals surface area contributed by atoms with Crippen molar-refractivity contribution < 1.29 is 4.39 Å². The van der Waals surface area contributed by atoms with E-state index >= 15 is 0 Å². The van der Waals surface area contributed by atoms with Crippen molar-refractivity contribution in [3.8, 4) is 6.07 Å². The van der Waals surface area contributed by atoms with Crippen molar-refractivity contribution in [2.24, 2.45) is 10.7 Å². The largest absolute Gasteiger partial charge is 0.386 e. The topological polar surface area (TPSA) is 62.2 Å². The van der Waals surface area contributed by atoms with Gasteiger partial charge in [-0.3, -0.25) is 0 Å². The molecule has 0 fully saturated rings. The number of nitrogens with two attached hydrogens (primary N) is 1. The third-order valence-corrected chi connectivity index (χ3v) is 2.44. The molecule has 0 aliphatic rings. The van der Waals surface area contributed by atoms with Gasteiger partial charge >= 0.3 is 0 Å². The van der Waals surface area contributed by atoms with Crippen LogP contribution in [0.15, 0.2) is 21.6 Å². The summed E-state index contributed by atoms with van der Waals surface area (Å²) < 4.78 is 13.3. The van der Waals surface area contributed by atoms with E-state index < -0.39 is 5.82 Å². The lowest BCUT2D eigenvalue weighted by molar-refractivity contribution is 0.621. The maximum Gasteiger partial charge on any atom is 0.138 e.